The van der Waals surface area contributed by atoms with Gasteiger partial charge < -0.3 is 0 Å². The molecule has 182 valence electrons. The van der Waals surface area contributed by atoms with Gasteiger partial charge in [-0.05, 0) is 35.9 Å². The van der Waals surface area contributed by atoms with Crippen LogP contribution < -0.4 is 9.73 Å². The summed E-state index contributed by atoms with van der Waals surface area (Å²) in [5.74, 6) is -0.524. The van der Waals surface area contributed by atoms with E-state index in [2.05, 4.69) is 27.6 Å². The number of carbonyl (C=O) groups is 1. The average Bonchev–Trinajstić information content (AvgIpc) is 2.88. The van der Waals surface area contributed by atoms with E-state index in [4.69, 9.17) is 11.6 Å². The van der Waals surface area contributed by atoms with E-state index in [1.54, 1.807) is 36.4 Å². The van der Waals surface area contributed by atoms with Gasteiger partial charge in [-0.15, -0.1) is 0 Å². The van der Waals surface area contributed by atoms with Crippen molar-refractivity contribution in [2.45, 2.75) is 24.3 Å². The normalized spacial score (nSPS) is 14.4. The van der Waals surface area contributed by atoms with Crippen LogP contribution in [0.15, 0.2) is 94.9 Å². The Morgan fingerprint density at radius 1 is 0.943 bits per heavy atom. The molecule has 0 aromatic heterocycles. The molecule has 3 aromatic rings. The third kappa shape index (κ3) is 6.69. The number of likely N-dealkylation sites (tertiary alicyclic amines) is 1. The number of halogens is 1. The smallest absolute Gasteiger partial charge is 0.264 e. The van der Waals surface area contributed by atoms with Crippen LogP contribution in [-0.2, 0) is 21.4 Å². The molecule has 1 fully saturated rings. The number of anilines is 1. The lowest BCUT2D eigenvalue weighted by atomic mass is 10.1. The first-order valence-electron chi connectivity index (χ1n) is 11.4. The second-order valence-corrected chi connectivity index (χ2v) is 10.6. The Labute approximate surface area is 211 Å². The molecule has 0 atom stereocenters. The molecular formula is C26H27ClN4O3S. The van der Waals surface area contributed by atoms with Gasteiger partial charge in [0.1, 0.15) is 6.54 Å². The van der Waals surface area contributed by atoms with Crippen LogP contribution in [0, 0.1) is 0 Å². The Kier molecular flexibility index (Phi) is 8.17. The maximum absolute atomic E-state index is 13.3. The molecule has 0 bridgehead atoms. The summed E-state index contributed by atoms with van der Waals surface area (Å²) in [7, 11) is -3.99. The van der Waals surface area contributed by atoms with Crippen molar-refractivity contribution in [3.63, 3.8) is 0 Å². The summed E-state index contributed by atoms with van der Waals surface area (Å²) in [6.45, 7) is 2.15. The van der Waals surface area contributed by atoms with Crippen molar-refractivity contribution in [3.8, 4) is 0 Å². The number of hydrazone groups is 1. The molecule has 35 heavy (non-hydrogen) atoms. The van der Waals surface area contributed by atoms with Gasteiger partial charge in [0.15, 0.2) is 0 Å². The molecule has 7 nitrogen and oxygen atoms in total. The third-order valence-corrected chi connectivity index (χ3v) is 7.76. The highest BCUT2D eigenvalue weighted by Gasteiger charge is 2.27. The lowest BCUT2D eigenvalue weighted by molar-refractivity contribution is -0.119. The van der Waals surface area contributed by atoms with Crippen LogP contribution in [0.5, 0.6) is 0 Å². The first-order valence-corrected chi connectivity index (χ1v) is 13.2. The number of hydrogen-bond acceptors (Lipinski definition) is 5. The van der Waals surface area contributed by atoms with Gasteiger partial charge in [0.2, 0.25) is 0 Å². The van der Waals surface area contributed by atoms with Gasteiger partial charge in [0.25, 0.3) is 15.9 Å². The van der Waals surface area contributed by atoms with Crippen molar-refractivity contribution in [2.75, 3.05) is 23.9 Å². The predicted octanol–water partition coefficient (Wildman–Crippen LogP) is 4.30. The minimum Gasteiger partial charge on any atom is -0.298 e. The molecule has 0 radical (unpaired) electrons. The molecule has 4 rings (SSSR count). The van der Waals surface area contributed by atoms with Crippen LogP contribution in [-0.4, -0.2) is 44.6 Å². The zero-order valence-electron chi connectivity index (χ0n) is 19.2. The standard InChI is InChI=1S/C26H27ClN4O3S/c27-22-10-7-11-24(18-22)31(35(33,34)25-12-5-2-6-13-25)20-26(32)29-28-23-14-16-30(17-15-23)19-21-8-3-1-4-9-21/h1-13,18H,14-17,19-20H2,(H,29,32). The molecule has 1 N–H and O–H groups in total. The molecule has 0 unspecified atom stereocenters. The van der Waals surface area contributed by atoms with Gasteiger partial charge in [0.05, 0.1) is 10.6 Å². The van der Waals surface area contributed by atoms with Crippen molar-refractivity contribution in [3.05, 3.63) is 95.5 Å². The summed E-state index contributed by atoms with van der Waals surface area (Å²) in [4.78, 5) is 15.2. The molecule has 1 aliphatic heterocycles. The summed E-state index contributed by atoms with van der Waals surface area (Å²) in [5.41, 5.74) is 5.01. The molecule has 9 heteroatoms. The summed E-state index contributed by atoms with van der Waals surface area (Å²) >= 11 is 6.10. The van der Waals surface area contributed by atoms with Crippen molar-refractivity contribution in [1.82, 2.24) is 10.3 Å². The molecule has 1 amide bonds. The number of amides is 1. The van der Waals surface area contributed by atoms with E-state index in [-0.39, 0.29) is 4.90 Å². The Hall–Kier alpha value is -3.20. The van der Waals surface area contributed by atoms with Crippen LogP contribution >= 0.6 is 11.6 Å². The number of sulfonamides is 1. The Morgan fingerprint density at radius 2 is 1.60 bits per heavy atom. The molecule has 1 aliphatic rings. The maximum Gasteiger partial charge on any atom is 0.264 e. The van der Waals surface area contributed by atoms with Crippen molar-refractivity contribution in [2.24, 2.45) is 5.10 Å². The van der Waals surface area contributed by atoms with Crippen LogP contribution in [0.1, 0.15) is 18.4 Å². The van der Waals surface area contributed by atoms with E-state index in [9.17, 15) is 13.2 Å². The van der Waals surface area contributed by atoms with Gasteiger partial charge in [-0.1, -0.05) is 66.2 Å². The van der Waals surface area contributed by atoms with E-state index in [0.29, 0.717) is 10.7 Å². The summed E-state index contributed by atoms with van der Waals surface area (Å²) in [6, 6.07) is 24.7. The highest BCUT2D eigenvalue weighted by atomic mass is 35.5. The van der Waals surface area contributed by atoms with Gasteiger partial charge in [-0.3, -0.25) is 14.0 Å². The maximum atomic E-state index is 13.3. The molecule has 3 aromatic carbocycles. The van der Waals surface area contributed by atoms with Crippen LogP contribution in [0.2, 0.25) is 5.02 Å². The minimum atomic E-state index is -3.99. The molecule has 1 heterocycles. The molecule has 0 saturated carbocycles. The number of nitrogens with zero attached hydrogens (tertiary/aromatic N) is 3. The first-order chi connectivity index (χ1) is 16.9. The number of benzene rings is 3. The lowest BCUT2D eigenvalue weighted by Crippen LogP contribution is -2.40. The van der Waals surface area contributed by atoms with Gasteiger partial charge in [0, 0.05) is 43.2 Å². The van der Waals surface area contributed by atoms with E-state index in [1.807, 2.05) is 18.2 Å². The zero-order chi connectivity index (χ0) is 24.7. The first kappa shape index (κ1) is 24.9. The number of hydrogen-bond donors (Lipinski definition) is 1. The minimum absolute atomic E-state index is 0.0878. The fraction of sp³-hybridized carbons (Fsp3) is 0.231. The highest BCUT2D eigenvalue weighted by molar-refractivity contribution is 7.92. The van der Waals surface area contributed by atoms with Gasteiger partial charge >= 0.3 is 0 Å². The van der Waals surface area contributed by atoms with Crippen LogP contribution in [0.25, 0.3) is 0 Å². The fourth-order valence-corrected chi connectivity index (χ4v) is 5.51. The monoisotopic (exact) mass is 510 g/mol. The predicted molar refractivity (Wildman–Crippen MR) is 139 cm³/mol. The van der Waals surface area contributed by atoms with Crippen LogP contribution in [0.3, 0.4) is 0 Å². The summed E-state index contributed by atoms with van der Waals surface area (Å²) in [5, 5.41) is 4.66. The van der Waals surface area contributed by atoms with E-state index in [1.165, 1.54) is 23.8 Å². The topological polar surface area (TPSA) is 82.1 Å². The Balaban J connectivity index is 1.41. The molecule has 1 saturated heterocycles. The Bertz CT molecular complexity index is 1270. The number of piperidine rings is 1. The van der Waals surface area contributed by atoms with Crippen molar-refractivity contribution in [1.29, 1.82) is 0 Å². The highest BCUT2D eigenvalue weighted by Crippen LogP contribution is 2.26. The summed E-state index contributed by atoms with van der Waals surface area (Å²) in [6.07, 6.45) is 1.49. The SMILES string of the molecule is O=C(CN(c1cccc(Cl)c1)S(=O)(=O)c1ccccc1)NN=C1CCN(Cc2ccccc2)CC1. The Morgan fingerprint density at radius 3 is 2.26 bits per heavy atom. The number of nitrogens with one attached hydrogen (secondary N) is 1. The van der Waals surface area contributed by atoms with E-state index in [0.717, 1.165) is 42.5 Å². The third-order valence-electron chi connectivity index (χ3n) is 5.74. The number of rotatable bonds is 8. The van der Waals surface area contributed by atoms with Crippen molar-refractivity contribution < 1.29 is 13.2 Å². The molecule has 0 spiro atoms. The lowest BCUT2D eigenvalue weighted by Gasteiger charge is -2.27. The molecular weight excluding hydrogens is 484 g/mol. The van der Waals surface area contributed by atoms with Crippen LogP contribution in [0.4, 0.5) is 5.69 Å². The molecule has 0 aliphatic carbocycles. The number of carbonyl (C=O) groups excluding carboxylic acids is 1. The van der Waals surface area contributed by atoms with Gasteiger partial charge in [-0.2, -0.15) is 5.10 Å². The second kappa shape index (κ2) is 11.5. The van der Waals surface area contributed by atoms with Gasteiger partial charge in [-0.25, -0.2) is 13.8 Å². The zero-order valence-corrected chi connectivity index (χ0v) is 20.8. The second-order valence-electron chi connectivity index (χ2n) is 8.28. The van der Waals surface area contributed by atoms with E-state index >= 15 is 0 Å². The van der Waals surface area contributed by atoms with E-state index < -0.39 is 22.5 Å². The summed E-state index contributed by atoms with van der Waals surface area (Å²) < 4.78 is 27.7. The fourth-order valence-electron chi connectivity index (χ4n) is 3.90. The van der Waals surface area contributed by atoms with Crippen molar-refractivity contribution >= 4 is 38.9 Å². The quantitative estimate of drug-likeness (QED) is 0.458. The average molecular weight is 511 g/mol. The largest absolute Gasteiger partial charge is 0.298 e.